The lowest BCUT2D eigenvalue weighted by molar-refractivity contribution is -0.110. The molecule has 1 aromatic rings. The summed E-state index contributed by atoms with van der Waals surface area (Å²) in [6, 6.07) is 5.18. The van der Waals surface area contributed by atoms with Crippen LogP contribution >= 0.6 is 27.5 Å². The predicted molar refractivity (Wildman–Crippen MR) is 74.8 cm³/mol. The third kappa shape index (κ3) is 2.42. The second-order valence-electron chi connectivity index (χ2n) is 5.04. The van der Waals surface area contributed by atoms with Crippen LogP contribution in [0.1, 0.15) is 24.2 Å². The van der Waals surface area contributed by atoms with Crippen LogP contribution in [0.3, 0.4) is 0 Å². The van der Waals surface area contributed by atoms with Crippen molar-refractivity contribution in [2.45, 2.75) is 19.4 Å². The third-order valence-corrected chi connectivity index (χ3v) is 4.27. The monoisotopic (exact) mass is 331 g/mol. The average molecular weight is 333 g/mol. The molecule has 1 saturated heterocycles. The van der Waals surface area contributed by atoms with E-state index in [1.807, 2.05) is 13.8 Å². The number of nitrogens with zero attached hydrogens (tertiary/aromatic N) is 1. The Morgan fingerprint density at radius 1 is 1.50 bits per heavy atom. The Labute approximate surface area is 120 Å². The van der Waals surface area contributed by atoms with Crippen LogP contribution in [0.5, 0.6) is 0 Å². The Hall–Kier alpha value is -0.580. The van der Waals surface area contributed by atoms with Crippen LogP contribution in [0.25, 0.3) is 0 Å². The van der Waals surface area contributed by atoms with E-state index < -0.39 is 5.60 Å². The van der Waals surface area contributed by atoms with Gasteiger partial charge in [-0.3, -0.25) is 4.79 Å². The predicted octanol–water partition coefficient (Wildman–Crippen LogP) is 2.95. The summed E-state index contributed by atoms with van der Waals surface area (Å²) < 4.78 is 0.815. The van der Waals surface area contributed by atoms with Gasteiger partial charge in [0, 0.05) is 4.47 Å². The molecule has 0 unspecified atom stereocenters. The van der Waals surface area contributed by atoms with Crippen molar-refractivity contribution in [2.75, 3.05) is 13.1 Å². The van der Waals surface area contributed by atoms with Crippen molar-refractivity contribution < 1.29 is 9.90 Å². The maximum atomic E-state index is 12.2. The molecule has 98 valence electrons. The molecule has 0 spiro atoms. The third-order valence-electron chi connectivity index (χ3n) is 3.45. The van der Waals surface area contributed by atoms with E-state index in [0.29, 0.717) is 23.7 Å². The number of hydrogen-bond donors (Lipinski definition) is 1. The van der Waals surface area contributed by atoms with Crippen molar-refractivity contribution in [1.29, 1.82) is 0 Å². The van der Waals surface area contributed by atoms with Crippen molar-refractivity contribution in [3.63, 3.8) is 0 Å². The summed E-state index contributed by atoms with van der Waals surface area (Å²) in [4.78, 5) is 13.8. The van der Waals surface area contributed by atoms with E-state index in [1.165, 1.54) is 0 Å². The molecule has 1 fully saturated rings. The largest absolute Gasteiger partial charge is 0.386 e. The van der Waals surface area contributed by atoms with Gasteiger partial charge in [0.2, 0.25) is 0 Å². The van der Waals surface area contributed by atoms with E-state index in [1.54, 1.807) is 23.1 Å². The summed E-state index contributed by atoms with van der Waals surface area (Å²) in [6.07, 6.45) is 0. The molecular weight excluding hydrogens is 318 g/mol. The fourth-order valence-corrected chi connectivity index (χ4v) is 2.51. The number of likely N-dealkylation sites (tertiary alicyclic amines) is 1. The molecule has 1 amide bonds. The van der Waals surface area contributed by atoms with Crippen LogP contribution in [0.2, 0.25) is 5.02 Å². The molecule has 5 heteroatoms. The number of carbonyl (C=O) groups is 1. The van der Waals surface area contributed by atoms with Crippen LogP contribution in [-0.4, -0.2) is 34.6 Å². The Bertz CT molecular complexity index is 484. The zero-order valence-corrected chi connectivity index (χ0v) is 12.6. The first kappa shape index (κ1) is 13.8. The number of benzene rings is 1. The highest BCUT2D eigenvalue weighted by Crippen LogP contribution is 2.31. The fourth-order valence-electron chi connectivity index (χ4n) is 1.96. The van der Waals surface area contributed by atoms with Gasteiger partial charge in [-0.25, -0.2) is 0 Å². The van der Waals surface area contributed by atoms with Gasteiger partial charge in [0.1, 0.15) is 5.60 Å². The molecule has 0 saturated carbocycles. The Kier molecular flexibility index (Phi) is 3.72. The Balaban J connectivity index is 2.13. The lowest BCUT2D eigenvalue weighted by Crippen LogP contribution is -2.65. The SMILES string of the molecule is CC(C)C1(O)CN(C(=O)c2cc(Br)ccc2Cl)C1. The second-order valence-corrected chi connectivity index (χ2v) is 6.37. The molecule has 0 bridgehead atoms. The minimum Gasteiger partial charge on any atom is -0.386 e. The number of amides is 1. The summed E-state index contributed by atoms with van der Waals surface area (Å²) in [5.74, 6) is 0.00570. The number of halogens is 2. The van der Waals surface area contributed by atoms with E-state index >= 15 is 0 Å². The summed E-state index contributed by atoms with van der Waals surface area (Å²) >= 11 is 9.34. The number of carbonyl (C=O) groups excluding carboxylic acids is 1. The molecule has 1 aliphatic heterocycles. The van der Waals surface area contributed by atoms with E-state index in [4.69, 9.17) is 11.6 Å². The molecular formula is C13H15BrClNO2. The first-order chi connectivity index (χ1) is 8.33. The molecule has 2 rings (SSSR count). The van der Waals surface area contributed by atoms with Gasteiger partial charge < -0.3 is 10.0 Å². The minimum atomic E-state index is -0.756. The lowest BCUT2D eigenvalue weighted by Gasteiger charge is -2.49. The maximum absolute atomic E-state index is 12.2. The maximum Gasteiger partial charge on any atom is 0.255 e. The highest BCUT2D eigenvalue weighted by atomic mass is 79.9. The second kappa shape index (κ2) is 4.83. The highest BCUT2D eigenvalue weighted by molar-refractivity contribution is 9.10. The molecule has 0 aliphatic carbocycles. The molecule has 1 aromatic carbocycles. The Morgan fingerprint density at radius 3 is 2.67 bits per heavy atom. The molecule has 18 heavy (non-hydrogen) atoms. The van der Waals surface area contributed by atoms with Gasteiger partial charge in [0.15, 0.2) is 0 Å². The van der Waals surface area contributed by atoms with Gasteiger partial charge in [-0.1, -0.05) is 41.4 Å². The van der Waals surface area contributed by atoms with Crippen molar-refractivity contribution in [1.82, 2.24) is 4.90 Å². The van der Waals surface area contributed by atoms with Crippen LogP contribution in [0.4, 0.5) is 0 Å². The average Bonchev–Trinajstić information content (AvgIpc) is 2.27. The van der Waals surface area contributed by atoms with Crippen molar-refractivity contribution in [3.8, 4) is 0 Å². The molecule has 0 atom stereocenters. The first-order valence-electron chi connectivity index (χ1n) is 5.80. The van der Waals surface area contributed by atoms with E-state index in [-0.39, 0.29) is 11.8 Å². The van der Waals surface area contributed by atoms with E-state index in [0.717, 1.165) is 4.47 Å². The topological polar surface area (TPSA) is 40.5 Å². The van der Waals surface area contributed by atoms with Gasteiger partial charge in [-0.05, 0) is 24.1 Å². The summed E-state index contributed by atoms with van der Waals surface area (Å²) in [5, 5.41) is 10.6. The minimum absolute atomic E-state index is 0.133. The number of aliphatic hydroxyl groups is 1. The van der Waals surface area contributed by atoms with Gasteiger partial charge in [-0.2, -0.15) is 0 Å². The van der Waals surface area contributed by atoms with Crippen LogP contribution in [-0.2, 0) is 0 Å². The van der Waals surface area contributed by atoms with Crippen molar-refractivity contribution in [2.24, 2.45) is 5.92 Å². The zero-order valence-electron chi connectivity index (χ0n) is 10.3. The Morgan fingerprint density at radius 2 is 2.11 bits per heavy atom. The van der Waals surface area contributed by atoms with Gasteiger partial charge in [0.25, 0.3) is 5.91 Å². The number of rotatable bonds is 2. The summed E-state index contributed by atoms with van der Waals surface area (Å²) in [5.41, 5.74) is -0.287. The standard InChI is InChI=1S/C13H15BrClNO2/c1-8(2)13(18)6-16(7-13)12(17)10-5-9(14)3-4-11(10)15/h3-5,8,18H,6-7H2,1-2H3. The highest BCUT2D eigenvalue weighted by Gasteiger charge is 2.46. The van der Waals surface area contributed by atoms with E-state index in [9.17, 15) is 9.90 Å². The lowest BCUT2D eigenvalue weighted by atomic mass is 9.82. The quantitative estimate of drug-likeness (QED) is 0.904. The van der Waals surface area contributed by atoms with Gasteiger partial charge >= 0.3 is 0 Å². The van der Waals surface area contributed by atoms with Crippen molar-refractivity contribution >= 4 is 33.4 Å². The van der Waals surface area contributed by atoms with Crippen LogP contribution < -0.4 is 0 Å². The van der Waals surface area contributed by atoms with E-state index in [2.05, 4.69) is 15.9 Å². The van der Waals surface area contributed by atoms with Crippen LogP contribution in [0.15, 0.2) is 22.7 Å². The zero-order chi connectivity index (χ0) is 13.5. The number of hydrogen-bond acceptors (Lipinski definition) is 2. The molecule has 1 aliphatic rings. The van der Waals surface area contributed by atoms with Gasteiger partial charge in [-0.15, -0.1) is 0 Å². The summed E-state index contributed by atoms with van der Waals surface area (Å²) in [7, 11) is 0. The fraction of sp³-hybridized carbons (Fsp3) is 0.462. The van der Waals surface area contributed by atoms with Crippen molar-refractivity contribution in [3.05, 3.63) is 33.3 Å². The van der Waals surface area contributed by atoms with Gasteiger partial charge in [0.05, 0.1) is 23.7 Å². The normalized spacial score (nSPS) is 17.8. The van der Waals surface area contributed by atoms with Crippen LogP contribution in [0, 0.1) is 5.92 Å². The smallest absolute Gasteiger partial charge is 0.255 e. The molecule has 0 aromatic heterocycles. The number of β-amino-alcohol motifs (C(OH)–C–C–N with tert-alkyl or cyclic N) is 1. The molecule has 1 heterocycles. The molecule has 0 radical (unpaired) electrons. The molecule has 3 nitrogen and oxygen atoms in total. The molecule has 1 N–H and O–H groups in total. The summed E-state index contributed by atoms with van der Waals surface area (Å²) in [6.45, 7) is 4.64. The first-order valence-corrected chi connectivity index (χ1v) is 6.97.